The van der Waals surface area contributed by atoms with E-state index in [1.807, 2.05) is 6.33 Å². The zero-order valence-corrected chi connectivity index (χ0v) is 13.8. The third kappa shape index (κ3) is 3.14. The standard InChI is InChI=1S/C17H24N4O/c1-12(2)21-11-18-19-17(21)10-20(4)9-14-5-6-16-15(8-14)7-13(3)22-16/h5-6,8,11-13H,7,9-10H2,1-4H3. The van der Waals surface area contributed by atoms with Crippen molar-refractivity contribution in [3.63, 3.8) is 0 Å². The molecule has 0 radical (unpaired) electrons. The molecule has 0 bridgehead atoms. The minimum Gasteiger partial charge on any atom is -0.490 e. The van der Waals surface area contributed by atoms with Crippen LogP contribution in [0.15, 0.2) is 24.5 Å². The zero-order valence-electron chi connectivity index (χ0n) is 13.8. The highest BCUT2D eigenvalue weighted by molar-refractivity contribution is 5.40. The van der Waals surface area contributed by atoms with Crippen LogP contribution in [0.3, 0.4) is 0 Å². The van der Waals surface area contributed by atoms with Gasteiger partial charge >= 0.3 is 0 Å². The van der Waals surface area contributed by atoms with E-state index in [9.17, 15) is 0 Å². The fourth-order valence-electron chi connectivity index (χ4n) is 2.99. The van der Waals surface area contributed by atoms with Gasteiger partial charge in [0, 0.05) is 19.0 Å². The third-order valence-electron chi connectivity index (χ3n) is 4.03. The molecule has 0 fully saturated rings. The van der Waals surface area contributed by atoms with Gasteiger partial charge in [-0.1, -0.05) is 12.1 Å². The van der Waals surface area contributed by atoms with E-state index in [1.165, 1.54) is 11.1 Å². The summed E-state index contributed by atoms with van der Waals surface area (Å²) in [4.78, 5) is 2.27. The van der Waals surface area contributed by atoms with Gasteiger partial charge in [0.25, 0.3) is 0 Å². The molecular formula is C17H24N4O. The number of nitrogens with zero attached hydrogens (tertiary/aromatic N) is 4. The molecule has 0 amide bonds. The molecule has 0 N–H and O–H groups in total. The van der Waals surface area contributed by atoms with Crippen molar-refractivity contribution in [3.05, 3.63) is 41.5 Å². The van der Waals surface area contributed by atoms with E-state index in [-0.39, 0.29) is 0 Å². The second-order valence-corrected chi connectivity index (χ2v) is 6.50. The van der Waals surface area contributed by atoms with Crippen molar-refractivity contribution in [2.24, 2.45) is 0 Å². The quantitative estimate of drug-likeness (QED) is 0.851. The van der Waals surface area contributed by atoms with Crippen LogP contribution in [0.5, 0.6) is 5.75 Å². The summed E-state index contributed by atoms with van der Waals surface area (Å²) in [6.45, 7) is 8.10. The minimum atomic E-state index is 0.299. The Morgan fingerprint density at radius 3 is 2.95 bits per heavy atom. The first-order chi connectivity index (χ1) is 10.5. The van der Waals surface area contributed by atoms with Crippen LogP contribution in [0, 0.1) is 0 Å². The lowest BCUT2D eigenvalue weighted by molar-refractivity contribution is 0.254. The molecule has 1 aliphatic heterocycles. The second kappa shape index (κ2) is 6.08. The molecule has 2 heterocycles. The van der Waals surface area contributed by atoms with Crippen molar-refractivity contribution in [1.82, 2.24) is 19.7 Å². The molecule has 0 spiro atoms. The van der Waals surface area contributed by atoms with E-state index in [0.717, 1.165) is 31.1 Å². The molecule has 0 saturated carbocycles. The lowest BCUT2D eigenvalue weighted by Crippen LogP contribution is -2.20. The van der Waals surface area contributed by atoms with Gasteiger partial charge in [0.15, 0.2) is 0 Å². The van der Waals surface area contributed by atoms with Crippen molar-refractivity contribution in [3.8, 4) is 5.75 Å². The molecule has 1 atom stereocenters. The summed E-state index contributed by atoms with van der Waals surface area (Å²) < 4.78 is 7.88. The largest absolute Gasteiger partial charge is 0.490 e. The number of rotatable bonds is 5. The van der Waals surface area contributed by atoms with Crippen LogP contribution in [0.2, 0.25) is 0 Å². The van der Waals surface area contributed by atoms with Crippen LogP contribution in [0.4, 0.5) is 0 Å². The van der Waals surface area contributed by atoms with Gasteiger partial charge in [-0.15, -0.1) is 10.2 Å². The van der Waals surface area contributed by atoms with E-state index in [4.69, 9.17) is 4.74 Å². The third-order valence-corrected chi connectivity index (χ3v) is 4.03. The van der Waals surface area contributed by atoms with E-state index >= 15 is 0 Å². The first-order valence-electron chi connectivity index (χ1n) is 7.88. The molecule has 1 aromatic heterocycles. The average Bonchev–Trinajstić information content (AvgIpc) is 3.03. The zero-order chi connectivity index (χ0) is 15.7. The number of fused-ring (bicyclic) bond motifs is 1. The maximum atomic E-state index is 5.76. The van der Waals surface area contributed by atoms with Crippen LogP contribution in [-0.4, -0.2) is 32.8 Å². The summed E-state index contributed by atoms with van der Waals surface area (Å²) in [6, 6.07) is 6.90. The van der Waals surface area contributed by atoms with Gasteiger partial charge in [0.1, 0.15) is 24.0 Å². The van der Waals surface area contributed by atoms with Crippen molar-refractivity contribution in [2.45, 2.75) is 52.4 Å². The number of ether oxygens (including phenoxy) is 1. The maximum absolute atomic E-state index is 5.76. The van der Waals surface area contributed by atoms with E-state index < -0.39 is 0 Å². The monoisotopic (exact) mass is 300 g/mol. The van der Waals surface area contributed by atoms with Crippen molar-refractivity contribution >= 4 is 0 Å². The van der Waals surface area contributed by atoms with Gasteiger partial charge in [0.2, 0.25) is 0 Å². The number of hydrogen-bond donors (Lipinski definition) is 0. The Bertz CT molecular complexity index is 650. The molecule has 118 valence electrons. The minimum absolute atomic E-state index is 0.299. The van der Waals surface area contributed by atoms with Crippen molar-refractivity contribution in [2.75, 3.05) is 7.05 Å². The van der Waals surface area contributed by atoms with Gasteiger partial charge in [0.05, 0.1) is 6.54 Å². The molecule has 5 nitrogen and oxygen atoms in total. The Balaban J connectivity index is 1.66. The van der Waals surface area contributed by atoms with Crippen molar-refractivity contribution in [1.29, 1.82) is 0 Å². The van der Waals surface area contributed by atoms with Crippen LogP contribution in [0.25, 0.3) is 0 Å². The van der Waals surface area contributed by atoms with Crippen LogP contribution in [-0.2, 0) is 19.5 Å². The fourth-order valence-corrected chi connectivity index (χ4v) is 2.99. The van der Waals surface area contributed by atoms with E-state index in [0.29, 0.717) is 12.1 Å². The highest BCUT2D eigenvalue weighted by atomic mass is 16.5. The summed E-state index contributed by atoms with van der Waals surface area (Å²) in [7, 11) is 2.12. The number of aromatic nitrogens is 3. The van der Waals surface area contributed by atoms with E-state index in [2.05, 4.69) is 65.7 Å². The van der Waals surface area contributed by atoms with Gasteiger partial charge in [-0.3, -0.25) is 4.90 Å². The molecule has 0 saturated heterocycles. The molecule has 1 aliphatic rings. The Kier molecular flexibility index (Phi) is 4.16. The van der Waals surface area contributed by atoms with E-state index in [1.54, 1.807) is 0 Å². The fraction of sp³-hybridized carbons (Fsp3) is 0.529. The molecular weight excluding hydrogens is 276 g/mol. The average molecular weight is 300 g/mol. The van der Waals surface area contributed by atoms with Gasteiger partial charge < -0.3 is 9.30 Å². The Hall–Kier alpha value is -1.88. The summed E-state index contributed by atoms with van der Waals surface area (Å²) in [5, 5.41) is 8.27. The number of hydrogen-bond acceptors (Lipinski definition) is 4. The van der Waals surface area contributed by atoms with Gasteiger partial charge in [-0.05, 0) is 45.0 Å². The summed E-state index contributed by atoms with van der Waals surface area (Å²) >= 11 is 0. The van der Waals surface area contributed by atoms with Gasteiger partial charge in [-0.25, -0.2) is 0 Å². The summed E-state index contributed by atoms with van der Waals surface area (Å²) in [5.74, 6) is 2.05. The van der Waals surface area contributed by atoms with Crippen molar-refractivity contribution < 1.29 is 4.74 Å². The molecule has 0 aliphatic carbocycles. The normalized spacial score (nSPS) is 17.1. The Labute approximate surface area is 131 Å². The molecule has 2 aromatic rings. The second-order valence-electron chi connectivity index (χ2n) is 6.50. The molecule has 5 heteroatoms. The SMILES string of the molecule is CC1Cc2cc(CN(C)Cc3nncn3C(C)C)ccc2O1. The molecule has 3 rings (SSSR count). The Morgan fingerprint density at radius 2 is 2.18 bits per heavy atom. The number of benzene rings is 1. The predicted octanol–water partition coefficient (Wildman–Crippen LogP) is 2.81. The Morgan fingerprint density at radius 1 is 1.36 bits per heavy atom. The lowest BCUT2D eigenvalue weighted by atomic mass is 10.1. The van der Waals surface area contributed by atoms with Crippen LogP contribution < -0.4 is 4.74 Å². The van der Waals surface area contributed by atoms with Crippen LogP contribution in [0.1, 0.15) is 43.8 Å². The van der Waals surface area contributed by atoms with Crippen LogP contribution >= 0.6 is 0 Å². The highest BCUT2D eigenvalue weighted by Crippen LogP contribution is 2.29. The summed E-state index contributed by atoms with van der Waals surface area (Å²) in [5.41, 5.74) is 2.64. The molecule has 1 unspecified atom stereocenters. The first-order valence-corrected chi connectivity index (χ1v) is 7.88. The molecule has 1 aromatic carbocycles. The smallest absolute Gasteiger partial charge is 0.147 e. The lowest BCUT2D eigenvalue weighted by Gasteiger charge is -2.18. The highest BCUT2D eigenvalue weighted by Gasteiger charge is 2.19. The molecule has 22 heavy (non-hydrogen) atoms. The topological polar surface area (TPSA) is 43.2 Å². The predicted molar refractivity (Wildman–Crippen MR) is 85.8 cm³/mol. The summed E-state index contributed by atoms with van der Waals surface area (Å²) in [6.07, 6.45) is 3.11. The maximum Gasteiger partial charge on any atom is 0.147 e. The van der Waals surface area contributed by atoms with Gasteiger partial charge in [-0.2, -0.15) is 0 Å². The first kappa shape index (κ1) is 15.0.